The number of aromatic nitrogens is 1. The van der Waals surface area contributed by atoms with Crippen molar-refractivity contribution in [1.29, 1.82) is 5.26 Å². The molecule has 6 heteroatoms. The highest BCUT2D eigenvalue weighted by Crippen LogP contribution is 2.25. The first-order valence-corrected chi connectivity index (χ1v) is 8.65. The topological polar surface area (TPSA) is 52.4 Å². The molecule has 1 aromatic carbocycles. The van der Waals surface area contributed by atoms with E-state index in [9.17, 15) is 5.26 Å². The van der Waals surface area contributed by atoms with Crippen molar-refractivity contribution in [2.45, 2.75) is 6.54 Å². The number of hydrogen-bond donors (Lipinski definition) is 0. The summed E-state index contributed by atoms with van der Waals surface area (Å²) in [4.78, 5) is 8.97. The van der Waals surface area contributed by atoms with Crippen molar-refractivity contribution in [3.63, 3.8) is 0 Å². The van der Waals surface area contributed by atoms with Crippen molar-refractivity contribution in [3.8, 4) is 11.8 Å². The standard InChI is InChI=1S/C18H19BrN4O/c1-24-17-5-4-16(19)11-15(17)13-22-7-9-23(10-8-22)18-14(12-20)3-2-6-21-18/h2-6,11H,7-10,13H2,1H3. The number of nitriles is 1. The van der Waals surface area contributed by atoms with Crippen molar-refractivity contribution in [3.05, 3.63) is 52.1 Å². The van der Waals surface area contributed by atoms with Crippen LogP contribution < -0.4 is 9.64 Å². The van der Waals surface area contributed by atoms with Crippen LogP contribution in [0.4, 0.5) is 5.82 Å². The Bertz CT molecular complexity index is 751. The Morgan fingerprint density at radius 2 is 2.04 bits per heavy atom. The molecule has 0 amide bonds. The van der Waals surface area contributed by atoms with E-state index in [-0.39, 0.29) is 0 Å². The summed E-state index contributed by atoms with van der Waals surface area (Å²) in [5.74, 6) is 1.71. The lowest BCUT2D eigenvalue weighted by Gasteiger charge is -2.35. The molecule has 0 radical (unpaired) electrons. The second-order valence-corrected chi connectivity index (χ2v) is 6.62. The van der Waals surface area contributed by atoms with E-state index >= 15 is 0 Å². The van der Waals surface area contributed by atoms with E-state index in [1.807, 2.05) is 18.2 Å². The molecule has 5 nitrogen and oxygen atoms in total. The fourth-order valence-corrected chi connectivity index (χ4v) is 3.37. The molecule has 0 spiro atoms. The van der Waals surface area contributed by atoms with E-state index in [4.69, 9.17) is 4.74 Å². The van der Waals surface area contributed by atoms with Gasteiger partial charge in [-0.05, 0) is 30.3 Å². The maximum atomic E-state index is 9.23. The van der Waals surface area contributed by atoms with Gasteiger partial charge in [-0.25, -0.2) is 4.98 Å². The van der Waals surface area contributed by atoms with Crippen LogP contribution >= 0.6 is 15.9 Å². The van der Waals surface area contributed by atoms with Crippen LogP contribution in [-0.4, -0.2) is 43.2 Å². The van der Waals surface area contributed by atoms with E-state index in [2.05, 4.69) is 42.8 Å². The predicted octanol–water partition coefficient (Wildman–Crippen LogP) is 3.05. The number of ether oxygens (including phenoxy) is 1. The zero-order valence-corrected chi connectivity index (χ0v) is 15.2. The summed E-state index contributed by atoms with van der Waals surface area (Å²) < 4.78 is 6.52. The number of halogens is 1. The number of anilines is 1. The minimum atomic E-state index is 0.639. The average Bonchev–Trinajstić information content (AvgIpc) is 2.62. The molecule has 0 saturated carbocycles. The maximum Gasteiger partial charge on any atom is 0.146 e. The quantitative estimate of drug-likeness (QED) is 0.807. The molecule has 1 saturated heterocycles. The largest absolute Gasteiger partial charge is 0.496 e. The van der Waals surface area contributed by atoms with Crippen molar-refractivity contribution in [2.75, 3.05) is 38.2 Å². The number of benzene rings is 1. The van der Waals surface area contributed by atoms with Gasteiger partial charge >= 0.3 is 0 Å². The van der Waals surface area contributed by atoms with Gasteiger partial charge in [0.1, 0.15) is 17.6 Å². The Morgan fingerprint density at radius 1 is 1.25 bits per heavy atom. The normalized spacial score (nSPS) is 15.1. The maximum absolute atomic E-state index is 9.23. The van der Waals surface area contributed by atoms with Gasteiger partial charge in [0.05, 0.1) is 12.7 Å². The van der Waals surface area contributed by atoms with Crippen LogP contribution in [0.5, 0.6) is 5.75 Å². The van der Waals surface area contributed by atoms with Gasteiger partial charge in [0, 0.05) is 49.0 Å². The van der Waals surface area contributed by atoms with Gasteiger partial charge in [-0.2, -0.15) is 5.26 Å². The summed E-state index contributed by atoms with van der Waals surface area (Å²) in [5, 5.41) is 9.23. The first kappa shape index (κ1) is 16.7. The minimum Gasteiger partial charge on any atom is -0.496 e. The van der Waals surface area contributed by atoms with Crippen molar-refractivity contribution >= 4 is 21.7 Å². The van der Waals surface area contributed by atoms with Gasteiger partial charge in [-0.3, -0.25) is 4.90 Å². The first-order valence-electron chi connectivity index (χ1n) is 7.86. The molecule has 0 bridgehead atoms. The second-order valence-electron chi connectivity index (χ2n) is 5.71. The number of rotatable bonds is 4. The number of piperazine rings is 1. The Hall–Kier alpha value is -2.10. The van der Waals surface area contributed by atoms with Crippen molar-refractivity contribution < 1.29 is 4.74 Å². The molecule has 1 aliphatic rings. The van der Waals surface area contributed by atoms with Crippen molar-refractivity contribution in [2.24, 2.45) is 0 Å². The van der Waals surface area contributed by atoms with Crippen molar-refractivity contribution in [1.82, 2.24) is 9.88 Å². The van der Waals surface area contributed by atoms with Gasteiger partial charge < -0.3 is 9.64 Å². The summed E-state index contributed by atoms with van der Waals surface area (Å²) in [6.07, 6.45) is 1.74. The van der Waals surface area contributed by atoms with Crippen LogP contribution in [0.1, 0.15) is 11.1 Å². The summed E-state index contributed by atoms with van der Waals surface area (Å²) >= 11 is 3.53. The lowest BCUT2D eigenvalue weighted by atomic mass is 10.1. The SMILES string of the molecule is COc1ccc(Br)cc1CN1CCN(c2ncccc2C#N)CC1. The molecular weight excluding hydrogens is 368 g/mol. The summed E-state index contributed by atoms with van der Waals surface area (Å²) in [7, 11) is 1.70. The molecule has 2 aromatic rings. The molecule has 24 heavy (non-hydrogen) atoms. The van der Waals surface area contributed by atoms with Crippen LogP contribution in [0.15, 0.2) is 41.0 Å². The summed E-state index contributed by atoms with van der Waals surface area (Å²) in [6, 6.07) is 11.9. The van der Waals surface area contributed by atoms with Gasteiger partial charge in [-0.1, -0.05) is 15.9 Å². The number of pyridine rings is 1. The molecule has 1 aromatic heterocycles. The number of methoxy groups -OCH3 is 1. The highest BCUT2D eigenvalue weighted by molar-refractivity contribution is 9.10. The molecule has 0 aliphatic carbocycles. The number of hydrogen-bond acceptors (Lipinski definition) is 5. The Morgan fingerprint density at radius 3 is 2.75 bits per heavy atom. The molecule has 124 valence electrons. The zero-order valence-electron chi connectivity index (χ0n) is 13.6. The van der Waals surface area contributed by atoms with Crippen LogP contribution in [0.3, 0.4) is 0 Å². The lowest BCUT2D eigenvalue weighted by Crippen LogP contribution is -2.46. The molecule has 1 aliphatic heterocycles. The highest BCUT2D eigenvalue weighted by atomic mass is 79.9. The van der Waals surface area contributed by atoms with E-state index < -0.39 is 0 Å². The summed E-state index contributed by atoms with van der Waals surface area (Å²) in [5.41, 5.74) is 1.82. The van der Waals surface area contributed by atoms with Gasteiger partial charge in [0.2, 0.25) is 0 Å². The molecule has 3 rings (SSSR count). The lowest BCUT2D eigenvalue weighted by molar-refractivity contribution is 0.245. The Balaban J connectivity index is 1.66. The van der Waals surface area contributed by atoms with E-state index in [1.54, 1.807) is 19.4 Å². The first-order chi connectivity index (χ1) is 11.7. The second kappa shape index (κ2) is 7.65. The average molecular weight is 387 g/mol. The van der Waals surface area contributed by atoms with Crippen LogP contribution in [0.25, 0.3) is 0 Å². The monoisotopic (exact) mass is 386 g/mol. The molecule has 2 heterocycles. The van der Waals surface area contributed by atoms with Crippen LogP contribution in [-0.2, 0) is 6.54 Å². The molecule has 1 fully saturated rings. The van der Waals surface area contributed by atoms with Crippen LogP contribution in [0, 0.1) is 11.3 Å². The minimum absolute atomic E-state index is 0.639. The fourth-order valence-electron chi connectivity index (χ4n) is 2.97. The number of nitrogens with zero attached hydrogens (tertiary/aromatic N) is 4. The highest BCUT2D eigenvalue weighted by Gasteiger charge is 2.21. The fraction of sp³-hybridized carbons (Fsp3) is 0.333. The van der Waals surface area contributed by atoms with E-state index in [0.717, 1.165) is 48.8 Å². The Kier molecular flexibility index (Phi) is 5.34. The van der Waals surface area contributed by atoms with Gasteiger partial charge in [0.25, 0.3) is 0 Å². The van der Waals surface area contributed by atoms with Crippen LogP contribution in [0.2, 0.25) is 0 Å². The van der Waals surface area contributed by atoms with Gasteiger partial charge in [0.15, 0.2) is 0 Å². The smallest absolute Gasteiger partial charge is 0.146 e. The summed E-state index contributed by atoms with van der Waals surface area (Å²) in [6.45, 7) is 4.43. The third-order valence-electron chi connectivity index (χ3n) is 4.22. The molecule has 0 atom stereocenters. The molecule has 0 unspecified atom stereocenters. The zero-order chi connectivity index (χ0) is 16.9. The molecular formula is C18H19BrN4O. The van der Waals surface area contributed by atoms with E-state index in [1.165, 1.54) is 5.56 Å². The third-order valence-corrected chi connectivity index (χ3v) is 4.71. The Labute approximate surface area is 150 Å². The van der Waals surface area contributed by atoms with Gasteiger partial charge in [-0.15, -0.1) is 0 Å². The molecule has 0 N–H and O–H groups in total. The third kappa shape index (κ3) is 3.69. The predicted molar refractivity (Wildman–Crippen MR) is 97.1 cm³/mol. The van der Waals surface area contributed by atoms with E-state index in [0.29, 0.717) is 5.56 Å².